The topological polar surface area (TPSA) is 35.5 Å². The second-order valence-corrected chi connectivity index (χ2v) is 7.07. The van der Waals surface area contributed by atoms with Crippen molar-refractivity contribution in [3.05, 3.63) is 0 Å². The van der Waals surface area contributed by atoms with Gasteiger partial charge in [0.05, 0.1) is 5.60 Å². The highest BCUT2D eigenvalue weighted by Crippen LogP contribution is 2.33. The van der Waals surface area contributed by atoms with E-state index >= 15 is 0 Å². The highest BCUT2D eigenvalue weighted by molar-refractivity contribution is 4.95. The van der Waals surface area contributed by atoms with E-state index in [-0.39, 0.29) is 0 Å². The summed E-state index contributed by atoms with van der Waals surface area (Å²) in [6.07, 6.45) is 12.2. The Balaban J connectivity index is 1.81. The van der Waals surface area contributed by atoms with Gasteiger partial charge < -0.3 is 15.3 Å². The van der Waals surface area contributed by atoms with Crippen LogP contribution in [0.15, 0.2) is 0 Å². The van der Waals surface area contributed by atoms with Gasteiger partial charge in [0.15, 0.2) is 0 Å². The molecule has 112 valence electrons. The quantitative estimate of drug-likeness (QED) is 0.752. The van der Waals surface area contributed by atoms with E-state index in [0.717, 1.165) is 25.9 Å². The van der Waals surface area contributed by atoms with Crippen LogP contribution in [0.1, 0.15) is 64.2 Å². The molecule has 0 aromatic heterocycles. The number of nitrogens with zero attached hydrogens (tertiary/aromatic N) is 1. The normalized spacial score (nSPS) is 26.5. The van der Waals surface area contributed by atoms with Gasteiger partial charge in [-0.2, -0.15) is 0 Å². The van der Waals surface area contributed by atoms with E-state index in [1.54, 1.807) is 0 Å². The zero-order chi connectivity index (χ0) is 13.8. The zero-order valence-electron chi connectivity index (χ0n) is 12.9. The minimum absolute atomic E-state index is 0.334. The molecule has 0 atom stereocenters. The van der Waals surface area contributed by atoms with E-state index in [1.165, 1.54) is 51.4 Å². The summed E-state index contributed by atoms with van der Waals surface area (Å²) in [6.45, 7) is 1.81. The average Bonchev–Trinajstić information content (AvgIpc) is 2.74. The third-order valence-electron chi connectivity index (χ3n) is 5.43. The van der Waals surface area contributed by atoms with Gasteiger partial charge in [-0.3, -0.25) is 0 Å². The van der Waals surface area contributed by atoms with Crippen molar-refractivity contribution in [3.63, 3.8) is 0 Å². The molecule has 2 saturated carbocycles. The minimum Gasteiger partial charge on any atom is -0.389 e. The van der Waals surface area contributed by atoms with Crippen molar-refractivity contribution in [2.24, 2.45) is 0 Å². The number of rotatable bonds is 5. The lowest BCUT2D eigenvalue weighted by atomic mass is 9.92. The molecule has 2 fully saturated rings. The van der Waals surface area contributed by atoms with Gasteiger partial charge in [-0.25, -0.2) is 0 Å². The van der Waals surface area contributed by atoms with E-state index in [4.69, 9.17) is 0 Å². The first-order valence-corrected chi connectivity index (χ1v) is 8.17. The minimum atomic E-state index is -0.442. The average molecular weight is 268 g/mol. The van der Waals surface area contributed by atoms with Crippen molar-refractivity contribution in [2.45, 2.75) is 75.3 Å². The van der Waals surface area contributed by atoms with Crippen molar-refractivity contribution in [3.8, 4) is 0 Å². The predicted molar refractivity (Wildman–Crippen MR) is 80.4 cm³/mol. The lowest BCUT2D eigenvalue weighted by molar-refractivity contribution is 0.0211. The Hall–Kier alpha value is -0.120. The molecule has 0 aromatic carbocycles. The first kappa shape index (κ1) is 15.3. The lowest BCUT2D eigenvalue weighted by Gasteiger charge is -2.38. The van der Waals surface area contributed by atoms with Crippen LogP contribution in [0.2, 0.25) is 0 Å². The van der Waals surface area contributed by atoms with Crippen LogP contribution in [-0.4, -0.2) is 48.3 Å². The third-order valence-corrected chi connectivity index (χ3v) is 5.43. The zero-order valence-corrected chi connectivity index (χ0v) is 12.9. The molecule has 0 saturated heterocycles. The number of hydrogen-bond donors (Lipinski definition) is 2. The molecule has 3 heteroatoms. The summed E-state index contributed by atoms with van der Waals surface area (Å²) >= 11 is 0. The molecule has 3 nitrogen and oxygen atoms in total. The maximum absolute atomic E-state index is 10.7. The summed E-state index contributed by atoms with van der Waals surface area (Å²) in [5, 5.41) is 14.3. The number of nitrogens with one attached hydrogen (secondary N) is 1. The van der Waals surface area contributed by atoms with Gasteiger partial charge in [-0.1, -0.05) is 38.5 Å². The van der Waals surface area contributed by atoms with E-state index in [2.05, 4.69) is 24.3 Å². The molecule has 2 N–H and O–H groups in total. The van der Waals surface area contributed by atoms with Crippen molar-refractivity contribution < 1.29 is 5.11 Å². The van der Waals surface area contributed by atoms with Crippen LogP contribution in [0.25, 0.3) is 0 Å². The van der Waals surface area contributed by atoms with Gasteiger partial charge in [0.2, 0.25) is 0 Å². The van der Waals surface area contributed by atoms with E-state index in [0.29, 0.717) is 5.54 Å². The van der Waals surface area contributed by atoms with Crippen molar-refractivity contribution >= 4 is 0 Å². The van der Waals surface area contributed by atoms with Crippen LogP contribution >= 0.6 is 0 Å². The molecule has 0 bridgehead atoms. The van der Waals surface area contributed by atoms with Gasteiger partial charge in [0.1, 0.15) is 0 Å². The fraction of sp³-hybridized carbons (Fsp3) is 1.00. The van der Waals surface area contributed by atoms with Gasteiger partial charge in [0.25, 0.3) is 0 Å². The van der Waals surface area contributed by atoms with Crippen LogP contribution in [0.3, 0.4) is 0 Å². The Morgan fingerprint density at radius 2 is 1.37 bits per heavy atom. The summed E-state index contributed by atoms with van der Waals surface area (Å²) in [6, 6.07) is 0. The lowest BCUT2D eigenvalue weighted by Crippen LogP contribution is -2.52. The Morgan fingerprint density at radius 3 is 1.89 bits per heavy atom. The summed E-state index contributed by atoms with van der Waals surface area (Å²) in [4.78, 5) is 2.39. The molecule has 0 unspecified atom stereocenters. The smallest absolute Gasteiger partial charge is 0.0771 e. The van der Waals surface area contributed by atoms with Crippen LogP contribution in [0, 0.1) is 0 Å². The molecule has 0 radical (unpaired) electrons. The largest absolute Gasteiger partial charge is 0.389 e. The monoisotopic (exact) mass is 268 g/mol. The highest BCUT2D eigenvalue weighted by Gasteiger charge is 2.36. The molecule has 0 aliphatic heterocycles. The molecule has 0 amide bonds. The molecule has 2 aliphatic carbocycles. The molecule has 0 spiro atoms. The number of hydrogen-bond acceptors (Lipinski definition) is 3. The van der Waals surface area contributed by atoms with E-state index in [9.17, 15) is 5.11 Å². The summed E-state index contributed by atoms with van der Waals surface area (Å²) in [5.41, 5.74) is -0.107. The van der Waals surface area contributed by atoms with E-state index < -0.39 is 5.60 Å². The summed E-state index contributed by atoms with van der Waals surface area (Å²) < 4.78 is 0. The molecule has 2 aliphatic rings. The number of aliphatic hydroxyl groups is 1. The van der Waals surface area contributed by atoms with Gasteiger partial charge in [0, 0.05) is 18.6 Å². The fourth-order valence-corrected chi connectivity index (χ4v) is 3.91. The molecule has 0 heterocycles. The Kier molecular flexibility index (Phi) is 5.27. The first-order valence-electron chi connectivity index (χ1n) is 8.17. The Morgan fingerprint density at radius 1 is 0.842 bits per heavy atom. The van der Waals surface area contributed by atoms with Crippen molar-refractivity contribution in [1.29, 1.82) is 0 Å². The van der Waals surface area contributed by atoms with Crippen LogP contribution < -0.4 is 5.32 Å². The van der Waals surface area contributed by atoms with Crippen LogP contribution in [0.5, 0.6) is 0 Å². The van der Waals surface area contributed by atoms with Crippen LogP contribution in [-0.2, 0) is 0 Å². The van der Waals surface area contributed by atoms with Gasteiger partial charge in [-0.15, -0.1) is 0 Å². The molecular formula is C16H32N2O. The highest BCUT2D eigenvalue weighted by atomic mass is 16.3. The second-order valence-electron chi connectivity index (χ2n) is 7.07. The van der Waals surface area contributed by atoms with Gasteiger partial charge in [-0.05, 0) is 39.8 Å². The van der Waals surface area contributed by atoms with Crippen LogP contribution in [0.4, 0.5) is 0 Å². The summed E-state index contributed by atoms with van der Waals surface area (Å²) in [5.74, 6) is 0. The van der Waals surface area contributed by atoms with Crippen molar-refractivity contribution in [2.75, 3.05) is 27.2 Å². The maximum Gasteiger partial charge on any atom is 0.0771 e. The Bertz CT molecular complexity index is 264. The van der Waals surface area contributed by atoms with Gasteiger partial charge >= 0.3 is 0 Å². The molecule has 2 rings (SSSR count). The number of likely N-dealkylation sites (N-methyl/N-ethyl adjacent to an activating group) is 1. The first-order chi connectivity index (χ1) is 9.06. The Labute approximate surface area is 118 Å². The second kappa shape index (κ2) is 6.55. The molecule has 0 aromatic rings. The standard InChI is InChI=1S/C16H32N2O/c1-18(2)15(9-7-8-10-15)13-17-14-16(19)11-5-3-4-6-12-16/h17,19H,3-14H2,1-2H3. The third kappa shape index (κ3) is 3.93. The molecular weight excluding hydrogens is 236 g/mol. The SMILES string of the molecule is CN(C)C1(CNCC2(O)CCCCCC2)CCCC1. The van der Waals surface area contributed by atoms with Crippen molar-refractivity contribution in [1.82, 2.24) is 10.2 Å². The van der Waals surface area contributed by atoms with E-state index in [1.807, 2.05) is 0 Å². The predicted octanol–water partition coefficient (Wildman–Crippen LogP) is 2.54. The summed E-state index contributed by atoms with van der Waals surface area (Å²) in [7, 11) is 4.40. The molecule has 19 heavy (non-hydrogen) atoms. The maximum atomic E-state index is 10.7. The fourth-order valence-electron chi connectivity index (χ4n) is 3.91.